The van der Waals surface area contributed by atoms with Crippen LogP contribution in [-0.2, 0) is 22.6 Å². The Kier molecular flexibility index (Phi) is 2.61. The number of ether oxygens (including phenoxy) is 1. The third-order valence-electron chi connectivity index (χ3n) is 5.45. The van der Waals surface area contributed by atoms with Crippen molar-refractivity contribution in [2.45, 2.75) is 18.9 Å². The summed E-state index contributed by atoms with van der Waals surface area (Å²) >= 11 is 0. The normalized spacial score (nSPS) is 25.8. The van der Waals surface area contributed by atoms with Gasteiger partial charge in [-0.05, 0) is 46.7 Å². The molecule has 1 heterocycles. The van der Waals surface area contributed by atoms with Gasteiger partial charge in [-0.2, -0.15) is 0 Å². The van der Waals surface area contributed by atoms with Gasteiger partial charge >= 0.3 is 12.1 Å². The number of anilines is 1. The van der Waals surface area contributed by atoms with Crippen LogP contribution in [0.5, 0.6) is 0 Å². The summed E-state index contributed by atoms with van der Waals surface area (Å²) in [7, 11) is 0. The Morgan fingerprint density at radius 2 is 1.92 bits per heavy atom. The zero-order chi connectivity index (χ0) is 16.4. The molecule has 5 rings (SSSR count). The number of carbonyl (C=O) groups is 2. The average Bonchev–Trinajstić information content (AvgIpc) is 3.18. The van der Waals surface area contributed by atoms with E-state index in [4.69, 9.17) is 4.74 Å². The minimum absolute atomic E-state index is 0.178. The van der Waals surface area contributed by atoms with Gasteiger partial charge in [0.25, 0.3) is 0 Å². The number of carboxylic acid groups (broad SMARTS) is 1. The summed E-state index contributed by atoms with van der Waals surface area (Å²) in [6.45, 7) is 0.270. The van der Waals surface area contributed by atoms with Gasteiger partial charge in [0.05, 0.1) is 11.6 Å². The number of carbonyl (C=O) groups excluding carboxylic acids is 1. The maximum absolute atomic E-state index is 11.3. The number of amides is 1. The Hall–Kier alpha value is -2.82. The topological polar surface area (TPSA) is 75.6 Å². The largest absolute Gasteiger partial charge is 0.481 e. The Morgan fingerprint density at radius 1 is 1.12 bits per heavy atom. The Labute approximate surface area is 138 Å². The van der Waals surface area contributed by atoms with E-state index in [9.17, 15) is 14.7 Å². The molecule has 3 unspecified atom stereocenters. The standard InChI is InChI=1S/C19H15NO4/c21-18(22)17-14-7-11-2-1-10(6-13(11)16(14)17)9-3-4-15-12(5-9)8-24-19(23)20-15/h1-6,14,16-17H,7-8H2,(H,20,23)(H,21,22). The van der Waals surface area contributed by atoms with Gasteiger partial charge in [0.15, 0.2) is 0 Å². The van der Waals surface area contributed by atoms with Gasteiger partial charge in [0, 0.05) is 11.5 Å². The summed E-state index contributed by atoms with van der Waals surface area (Å²) in [4.78, 5) is 22.5. The molecule has 5 heteroatoms. The van der Waals surface area contributed by atoms with Gasteiger partial charge < -0.3 is 9.84 Å². The second-order valence-electron chi connectivity index (χ2n) is 6.74. The van der Waals surface area contributed by atoms with Crippen molar-refractivity contribution in [1.29, 1.82) is 0 Å². The Bertz CT molecular complexity index is 904. The summed E-state index contributed by atoms with van der Waals surface area (Å²) in [6.07, 6.45) is 0.452. The first kappa shape index (κ1) is 13.6. The molecule has 5 nitrogen and oxygen atoms in total. The van der Waals surface area contributed by atoms with E-state index in [1.54, 1.807) is 0 Å². The minimum atomic E-state index is -0.678. The highest BCUT2D eigenvalue weighted by molar-refractivity contribution is 5.88. The monoisotopic (exact) mass is 321 g/mol. The number of cyclic esters (lactones) is 1. The first-order valence-corrected chi connectivity index (χ1v) is 8.04. The second-order valence-corrected chi connectivity index (χ2v) is 6.74. The van der Waals surface area contributed by atoms with Crippen molar-refractivity contribution in [2.24, 2.45) is 11.8 Å². The fraction of sp³-hybridized carbons (Fsp3) is 0.263. The van der Waals surface area contributed by atoms with Crippen molar-refractivity contribution < 1.29 is 19.4 Å². The number of nitrogens with one attached hydrogen (secondary N) is 1. The minimum Gasteiger partial charge on any atom is -0.481 e. The summed E-state index contributed by atoms with van der Waals surface area (Å²) < 4.78 is 5.02. The molecule has 0 radical (unpaired) electrons. The van der Waals surface area contributed by atoms with Crippen molar-refractivity contribution in [1.82, 2.24) is 0 Å². The van der Waals surface area contributed by atoms with Crippen LogP contribution in [0, 0.1) is 11.8 Å². The molecule has 1 aliphatic heterocycles. The van der Waals surface area contributed by atoms with Crippen molar-refractivity contribution in [3.05, 3.63) is 53.1 Å². The van der Waals surface area contributed by atoms with E-state index in [1.165, 1.54) is 11.1 Å². The molecule has 3 atom stereocenters. The van der Waals surface area contributed by atoms with Gasteiger partial charge in [-0.3, -0.25) is 10.1 Å². The quantitative estimate of drug-likeness (QED) is 0.889. The molecular formula is C19H15NO4. The van der Waals surface area contributed by atoms with E-state index in [2.05, 4.69) is 23.5 Å². The lowest BCUT2D eigenvalue weighted by Gasteiger charge is -2.18. The van der Waals surface area contributed by atoms with Crippen molar-refractivity contribution in [3.8, 4) is 11.1 Å². The number of benzene rings is 2. The van der Waals surface area contributed by atoms with Crippen LogP contribution >= 0.6 is 0 Å². The van der Waals surface area contributed by atoms with Crippen LogP contribution in [0.25, 0.3) is 11.1 Å². The molecule has 2 aromatic carbocycles. The predicted molar refractivity (Wildman–Crippen MR) is 86.7 cm³/mol. The third-order valence-corrected chi connectivity index (χ3v) is 5.45. The number of rotatable bonds is 2. The Morgan fingerprint density at radius 3 is 2.75 bits per heavy atom. The number of hydrogen-bond donors (Lipinski definition) is 2. The van der Waals surface area contributed by atoms with E-state index < -0.39 is 12.1 Å². The van der Waals surface area contributed by atoms with E-state index in [0.29, 0.717) is 0 Å². The number of aliphatic carboxylic acids is 1. The SMILES string of the molecule is O=C1Nc2ccc(-c3ccc4c(c3)C3C(C4)C3C(=O)O)cc2CO1. The lowest BCUT2D eigenvalue weighted by molar-refractivity contribution is -0.139. The highest BCUT2D eigenvalue weighted by atomic mass is 16.5. The molecular weight excluding hydrogens is 306 g/mol. The summed E-state index contributed by atoms with van der Waals surface area (Å²) in [5.74, 6) is -0.430. The number of carboxylic acids is 1. The lowest BCUT2D eigenvalue weighted by atomic mass is 9.95. The van der Waals surface area contributed by atoms with Crippen LogP contribution in [0.3, 0.4) is 0 Å². The lowest BCUT2D eigenvalue weighted by Crippen LogP contribution is -2.20. The molecule has 24 heavy (non-hydrogen) atoms. The van der Waals surface area contributed by atoms with Crippen LogP contribution in [-0.4, -0.2) is 17.2 Å². The van der Waals surface area contributed by atoms with E-state index in [0.717, 1.165) is 28.8 Å². The van der Waals surface area contributed by atoms with Crippen LogP contribution in [0.2, 0.25) is 0 Å². The molecule has 0 bridgehead atoms. The molecule has 0 spiro atoms. The molecule has 2 aliphatic carbocycles. The van der Waals surface area contributed by atoms with Crippen molar-refractivity contribution >= 4 is 17.7 Å². The van der Waals surface area contributed by atoms with E-state index in [-0.39, 0.29) is 24.4 Å². The van der Waals surface area contributed by atoms with Crippen molar-refractivity contribution in [2.75, 3.05) is 5.32 Å². The van der Waals surface area contributed by atoms with E-state index >= 15 is 0 Å². The van der Waals surface area contributed by atoms with Gasteiger partial charge in [-0.15, -0.1) is 0 Å². The highest BCUT2D eigenvalue weighted by Gasteiger charge is 2.59. The fourth-order valence-corrected chi connectivity index (χ4v) is 4.22. The highest BCUT2D eigenvalue weighted by Crippen LogP contribution is 2.61. The van der Waals surface area contributed by atoms with Crippen LogP contribution in [0.15, 0.2) is 36.4 Å². The maximum atomic E-state index is 11.3. The molecule has 0 saturated heterocycles. The zero-order valence-corrected chi connectivity index (χ0v) is 12.8. The molecule has 1 fully saturated rings. The molecule has 3 aliphatic rings. The van der Waals surface area contributed by atoms with Crippen LogP contribution in [0.4, 0.5) is 10.5 Å². The summed E-state index contributed by atoms with van der Waals surface area (Å²) in [5.41, 5.74) is 6.31. The van der Waals surface area contributed by atoms with Gasteiger partial charge in [-0.1, -0.05) is 24.3 Å². The zero-order valence-electron chi connectivity index (χ0n) is 12.8. The summed E-state index contributed by atoms with van der Waals surface area (Å²) in [5, 5.41) is 12.0. The number of hydrogen-bond acceptors (Lipinski definition) is 3. The van der Waals surface area contributed by atoms with Crippen molar-refractivity contribution in [3.63, 3.8) is 0 Å². The predicted octanol–water partition coefficient (Wildman–Crippen LogP) is 3.39. The average molecular weight is 321 g/mol. The fourth-order valence-electron chi connectivity index (χ4n) is 4.22. The molecule has 1 saturated carbocycles. The Balaban J connectivity index is 1.51. The molecule has 120 valence electrons. The van der Waals surface area contributed by atoms with Crippen LogP contribution in [0.1, 0.15) is 22.6 Å². The van der Waals surface area contributed by atoms with Gasteiger partial charge in [0.1, 0.15) is 6.61 Å². The smallest absolute Gasteiger partial charge is 0.411 e. The second kappa shape index (κ2) is 4.60. The molecule has 2 N–H and O–H groups in total. The molecule has 1 amide bonds. The number of fused-ring (bicyclic) bond motifs is 4. The van der Waals surface area contributed by atoms with Gasteiger partial charge in [0.2, 0.25) is 0 Å². The van der Waals surface area contributed by atoms with Crippen LogP contribution < -0.4 is 5.32 Å². The first-order chi connectivity index (χ1) is 11.6. The summed E-state index contributed by atoms with van der Waals surface area (Å²) in [6, 6.07) is 12.2. The van der Waals surface area contributed by atoms with E-state index in [1.807, 2.05) is 18.2 Å². The third kappa shape index (κ3) is 1.87. The van der Waals surface area contributed by atoms with Gasteiger partial charge in [-0.25, -0.2) is 4.79 Å². The maximum Gasteiger partial charge on any atom is 0.411 e. The molecule has 2 aromatic rings. The first-order valence-electron chi connectivity index (χ1n) is 8.04. The molecule has 0 aromatic heterocycles.